The minimum Gasteiger partial charge on any atom is -0.491 e. The molecule has 1 aromatic carbocycles. The Balaban J connectivity index is 1.98. The van der Waals surface area contributed by atoms with E-state index in [1.165, 1.54) is 0 Å². The molecule has 0 saturated carbocycles. The molecule has 0 radical (unpaired) electrons. The van der Waals surface area contributed by atoms with E-state index in [4.69, 9.17) is 4.74 Å². The van der Waals surface area contributed by atoms with Crippen molar-refractivity contribution in [3.63, 3.8) is 0 Å². The third-order valence-electron chi connectivity index (χ3n) is 4.07. The third kappa shape index (κ3) is 4.45. The maximum atomic E-state index is 10.9. The van der Waals surface area contributed by atoms with Gasteiger partial charge in [-0.15, -0.1) is 0 Å². The molecule has 1 saturated heterocycles. The molecule has 1 N–H and O–H groups in total. The Labute approximate surface area is 128 Å². The van der Waals surface area contributed by atoms with Crippen molar-refractivity contribution in [3.8, 4) is 5.75 Å². The number of likely N-dealkylation sites (tertiary alicyclic amines) is 1. The number of hydrogen-bond acceptors (Lipinski definition) is 3. The second-order valence-electron chi connectivity index (χ2n) is 6.92. The van der Waals surface area contributed by atoms with Gasteiger partial charge in [0.15, 0.2) is 0 Å². The maximum Gasteiger partial charge on any atom is 0.119 e. The number of piperidine rings is 1. The fourth-order valence-corrected chi connectivity index (χ4v) is 3.03. The van der Waals surface area contributed by atoms with Crippen LogP contribution in [0.4, 0.5) is 0 Å². The molecule has 0 atom stereocenters. The van der Waals surface area contributed by atoms with Crippen molar-refractivity contribution >= 4 is 0 Å². The number of rotatable bonds is 5. The predicted octanol–water partition coefficient (Wildman–Crippen LogP) is 3.41. The summed E-state index contributed by atoms with van der Waals surface area (Å²) in [5.41, 5.74) is 0.340. The van der Waals surface area contributed by atoms with Gasteiger partial charge in [0, 0.05) is 19.6 Å². The first-order valence-electron chi connectivity index (χ1n) is 8.11. The highest BCUT2D eigenvalue weighted by Gasteiger charge is 2.33. The van der Waals surface area contributed by atoms with Crippen LogP contribution in [0.15, 0.2) is 24.3 Å². The van der Waals surface area contributed by atoms with Crippen molar-refractivity contribution in [1.82, 2.24) is 4.90 Å². The van der Waals surface area contributed by atoms with Gasteiger partial charge in [0.2, 0.25) is 0 Å². The summed E-state index contributed by atoms with van der Waals surface area (Å²) in [4.78, 5) is 2.45. The number of benzene rings is 1. The van der Waals surface area contributed by atoms with Crippen molar-refractivity contribution < 1.29 is 9.84 Å². The van der Waals surface area contributed by atoms with Crippen LogP contribution in [0.25, 0.3) is 0 Å². The van der Waals surface area contributed by atoms with Crippen LogP contribution < -0.4 is 4.74 Å². The highest BCUT2D eigenvalue weighted by atomic mass is 16.5. The van der Waals surface area contributed by atoms with E-state index in [0.717, 1.165) is 43.8 Å². The highest BCUT2D eigenvalue weighted by molar-refractivity contribution is 5.31. The molecular formula is C18H29NO2. The van der Waals surface area contributed by atoms with Gasteiger partial charge in [-0.1, -0.05) is 26.0 Å². The Morgan fingerprint density at radius 3 is 2.14 bits per heavy atom. The minimum atomic E-state index is -0.677. The number of aliphatic hydroxyl groups is 1. The second-order valence-corrected chi connectivity index (χ2v) is 6.92. The fourth-order valence-electron chi connectivity index (χ4n) is 3.03. The van der Waals surface area contributed by atoms with Crippen molar-refractivity contribution in [3.05, 3.63) is 29.8 Å². The molecule has 1 aliphatic rings. The summed E-state index contributed by atoms with van der Waals surface area (Å²) in [5, 5.41) is 10.9. The largest absolute Gasteiger partial charge is 0.491 e. The first kappa shape index (κ1) is 16.3. The van der Waals surface area contributed by atoms with Crippen LogP contribution in [-0.4, -0.2) is 35.7 Å². The van der Waals surface area contributed by atoms with Gasteiger partial charge in [0.05, 0.1) is 11.7 Å². The summed E-state index contributed by atoms with van der Waals surface area (Å²) in [5.74, 6) is 1.55. The summed E-state index contributed by atoms with van der Waals surface area (Å²) in [6.07, 6.45) is 1.80. The van der Waals surface area contributed by atoms with Crippen LogP contribution in [0.3, 0.4) is 0 Å². The first-order valence-corrected chi connectivity index (χ1v) is 8.11. The zero-order chi connectivity index (χ0) is 15.5. The maximum absolute atomic E-state index is 10.9. The Kier molecular flexibility index (Phi) is 5.28. The number of ether oxygens (including phenoxy) is 1. The van der Waals surface area contributed by atoms with Crippen molar-refractivity contribution in [1.29, 1.82) is 0 Å². The van der Waals surface area contributed by atoms with Gasteiger partial charge in [-0.25, -0.2) is 0 Å². The molecule has 1 heterocycles. The lowest BCUT2D eigenvalue weighted by atomic mass is 9.84. The van der Waals surface area contributed by atoms with E-state index in [-0.39, 0.29) is 6.10 Å². The molecular weight excluding hydrogens is 262 g/mol. The Bertz CT molecular complexity index is 431. The molecule has 0 aromatic heterocycles. The molecule has 1 fully saturated rings. The molecule has 0 spiro atoms. The lowest BCUT2D eigenvalue weighted by molar-refractivity contribution is -0.0279. The smallest absolute Gasteiger partial charge is 0.119 e. The molecule has 2 rings (SSSR count). The van der Waals surface area contributed by atoms with Gasteiger partial charge < -0.3 is 14.7 Å². The monoisotopic (exact) mass is 291 g/mol. The standard InChI is InChI=1S/C18H29NO2/c1-14(2)13-19-11-9-18(20,10-12-19)16-5-7-17(8-6-16)21-15(3)4/h5-8,14-15,20H,9-13H2,1-4H3. The molecule has 0 amide bonds. The lowest BCUT2D eigenvalue weighted by Crippen LogP contribution is -2.43. The summed E-state index contributed by atoms with van der Waals surface area (Å²) < 4.78 is 5.66. The Morgan fingerprint density at radius 2 is 1.67 bits per heavy atom. The van der Waals surface area contributed by atoms with Crippen LogP contribution in [0.2, 0.25) is 0 Å². The van der Waals surface area contributed by atoms with E-state index in [2.05, 4.69) is 18.7 Å². The molecule has 0 unspecified atom stereocenters. The Morgan fingerprint density at radius 1 is 1.10 bits per heavy atom. The molecule has 21 heavy (non-hydrogen) atoms. The summed E-state index contributed by atoms with van der Waals surface area (Å²) >= 11 is 0. The van der Waals surface area contributed by atoms with E-state index in [1.807, 2.05) is 38.1 Å². The van der Waals surface area contributed by atoms with Crippen molar-refractivity contribution in [2.45, 2.75) is 52.2 Å². The zero-order valence-electron chi connectivity index (χ0n) is 13.8. The van der Waals surface area contributed by atoms with E-state index < -0.39 is 5.60 Å². The number of hydrogen-bond donors (Lipinski definition) is 1. The summed E-state index contributed by atoms with van der Waals surface area (Å²) in [6, 6.07) is 7.95. The van der Waals surface area contributed by atoms with Gasteiger partial charge in [0.1, 0.15) is 5.75 Å². The van der Waals surface area contributed by atoms with Crippen LogP contribution in [-0.2, 0) is 5.60 Å². The topological polar surface area (TPSA) is 32.7 Å². The van der Waals surface area contributed by atoms with Crippen molar-refractivity contribution in [2.24, 2.45) is 5.92 Å². The molecule has 1 aromatic rings. The quantitative estimate of drug-likeness (QED) is 0.902. The molecule has 118 valence electrons. The molecule has 0 bridgehead atoms. The Hall–Kier alpha value is -1.06. The average Bonchev–Trinajstić information content (AvgIpc) is 2.41. The van der Waals surface area contributed by atoms with E-state index in [1.54, 1.807) is 0 Å². The normalized spacial score (nSPS) is 19.2. The first-order chi connectivity index (χ1) is 9.89. The van der Waals surface area contributed by atoms with E-state index in [0.29, 0.717) is 5.92 Å². The fraction of sp³-hybridized carbons (Fsp3) is 0.667. The highest BCUT2D eigenvalue weighted by Crippen LogP contribution is 2.33. The number of nitrogens with zero attached hydrogens (tertiary/aromatic N) is 1. The minimum absolute atomic E-state index is 0.179. The summed E-state index contributed by atoms with van der Waals surface area (Å²) in [6.45, 7) is 11.6. The van der Waals surface area contributed by atoms with Gasteiger partial charge in [0.25, 0.3) is 0 Å². The van der Waals surface area contributed by atoms with Crippen LogP contribution >= 0.6 is 0 Å². The van der Waals surface area contributed by atoms with Gasteiger partial charge in [-0.05, 0) is 50.3 Å². The van der Waals surface area contributed by atoms with Crippen LogP contribution in [0.5, 0.6) is 5.75 Å². The SMILES string of the molecule is CC(C)CN1CCC(O)(c2ccc(OC(C)C)cc2)CC1. The third-order valence-corrected chi connectivity index (χ3v) is 4.07. The molecule has 0 aliphatic carbocycles. The van der Waals surface area contributed by atoms with Gasteiger partial charge in [-0.2, -0.15) is 0 Å². The van der Waals surface area contributed by atoms with E-state index in [9.17, 15) is 5.11 Å². The summed E-state index contributed by atoms with van der Waals surface area (Å²) in [7, 11) is 0. The van der Waals surface area contributed by atoms with Crippen molar-refractivity contribution in [2.75, 3.05) is 19.6 Å². The molecule has 1 aliphatic heterocycles. The van der Waals surface area contributed by atoms with Crippen LogP contribution in [0, 0.1) is 5.92 Å². The lowest BCUT2D eigenvalue weighted by Gasteiger charge is -2.39. The van der Waals surface area contributed by atoms with Gasteiger partial charge in [-0.3, -0.25) is 0 Å². The predicted molar refractivity (Wildman–Crippen MR) is 86.6 cm³/mol. The van der Waals surface area contributed by atoms with Crippen LogP contribution in [0.1, 0.15) is 46.1 Å². The molecule has 3 heteroatoms. The van der Waals surface area contributed by atoms with Gasteiger partial charge >= 0.3 is 0 Å². The van der Waals surface area contributed by atoms with E-state index >= 15 is 0 Å². The molecule has 3 nitrogen and oxygen atoms in total. The average molecular weight is 291 g/mol. The zero-order valence-corrected chi connectivity index (χ0v) is 13.8. The second kappa shape index (κ2) is 6.80.